The Morgan fingerprint density at radius 3 is 2.53 bits per heavy atom. The van der Waals surface area contributed by atoms with Crippen molar-refractivity contribution in [3.05, 3.63) is 87.6 Å². The lowest BCUT2D eigenvalue weighted by Gasteiger charge is -2.47. The van der Waals surface area contributed by atoms with E-state index in [1.165, 1.54) is 11.1 Å². The Kier molecular flexibility index (Phi) is 4.54. The van der Waals surface area contributed by atoms with Gasteiger partial charge in [-0.2, -0.15) is 5.10 Å². The van der Waals surface area contributed by atoms with Crippen LogP contribution in [0.2, 0.25) is 0 Å². The van der Waals surface area contributed by atoms with Crippen molar-refractivity contribution in [3.8, 4) is 0 Å². The molecule has 3 aliphatic heterocycles. The van der Waals surface area contributed by atoms with Crippen LogP contribution in [0.3, 0.4) is 0 Å². The third-order valence-electron chi connectivity index (χ3n) is 7.44. The topological polar surface area (TPSA) is 63.4 Å². The fraction of sp³-hybridized carbons (Fsp3) is 0.400. The van der Waals surface area contributed by atoms with E-state index in [0.717, 1.165) is 37.4 Å². The van der Waals surface area contributed by atoms with Gasteiger partial charge in [0.05, 0.1) is 5.69 Å². The average molecular weight is 430 g/mol. The minimum absolute atomic E-state index is 0.0626. The average Bonchev–Trinajstić information content (AvgIpc) is 3.40. The Balaban J connectivity index is 1.34. The number of nitrogens with zero attached hydrogens (tertiary/aromatic N) is 5. The molecule has 0 aliphatic carbocycles. The lowest BCUT2D eigenvalue weighted by molar-refractivity contribution is -0.139. The summed E-state index contributed by atoms with van der Waals surface area (Å²) in [5.74, 6) is 0.447. The Morgan fingerprint density at radius 2 is 1.81 bits per heavy atom. The molecule has 2 aromatic heterocycles. The summed E-state index contributed by atoms with van der Waals surface area (Å²) >= 11 is 0. The van der Waals surface area contributed by atoms with Gasteiger partial charge in [0.15, 0.2) is 0 Å². The van der Waals surface area contributed by atoms with Crippen molar-refractivity contribution in [1.29, 1.82) is 0 Å². The molecular weight excluding hydrogens is 402 g/mol. The highest BCUT2D eigenvalue weighted by Crippen LogP contribution is 2.43. The van der Waals surface area contributed by atoms with Gasteiger partial charge in [0.25, 0.3) is 5.56 Å². The molecule has 5 heterocycles. The van der Waals surface area contributed by atoms with Crippen molar-refractivity contribution in [2.45, 2.75) is 38.0 Å². The highest BCUT2D eigenvalue weighted by Gasteiger charge is 2.45. The molecule has 6 rings (SSSR count). The molecule has 3 aliphatic rings. The molecule has 164 valence electrons. The molecule has 1 fully saturated rings. The number of hydrogen-bond donors (Lipinski definition) is 0. The number of rotatable bonds is 3. The third-order valence-corrected chi connectivity index (χ3v) is 7.44. The second kappa shape index (κ2) is 7.45. The van der Waals surface area contributed by atoms with Crippen LogP contribution in [0.15, 0.2) is 59.5 Å². The minimum Gasteiger partial charge on any atom is -0.332 e. The maximum absolute atomic E-state index is 13.9. The van der Waals surface area contributed by atoms with Crippen molar-refractivity contribution in [2.24, 2.45) is 13.0 Å². The van der Waals surface area contributed by atoms with E-state index < -0.39 is 6.04 Å². The number of carbonyl (C=O) groups excluding carboxylic acids is 1. The first kappa shape index (κ1) is 19.5. The number of benzene rings is 1. The van der Waals surface area contributed by atoms with Crippen LogP contribution in [0.1, 0.15) is 40.9 Å². The molecule has 32 heavy (non-hydrogen) atoms. The predicted molar refractivity (Wildman–Crippen MR) is 120 cm³/mol. The molecule has 0 spiro atoms. The number of likely N-dealkylation sites (tertiary alicyclic amines) is 1. The monoisotopic (exact) mass is 429 g/mol. The summed E-state index contributed by atoms with van der Waals surface area (Å²) < 4.78 is 3.72. The molecule has 1 amide bonds. The number of amides is 1. The largest absolute Gasteiger partial charge is 0.332 e. The van der Waals surface area contributed by atoms with E-state index in [1.54, 1.807) is 6.07 Å². The van der Waals surface area contributed by atoms with E-state index in [-0.39, 0.29) is 23.3 Å². The van der Waals surface area contributed by atoms with Crippen molar-refractivity contribution in [3.63, 3.8) is 0 Å². The van der Waals surface area contributed by atoms with Crippen molar-refractivity contribution < 1.29 is 4.79 Å². The minimum atomic E-state index is -0.446. The number of pyridine rings is 1. The number of fused-ring (bicyclic) bond motifs is 5. The lowest BCUT2D eigenvalue weighted by Crippen LogP contribution is -2.53. The highest BCUT2D eigenvalue weighted by molar-refractivity contribution is 5.82. The van der Waals surface area contributed by atoms with Gasteiger partial charge in [-0.1, -0.05) is 30.3 Å². The first-order valence-electron chi connectivity index (χ1n) is 11.3. The fourth-order valence-corrected chi connectivity index (χ4v) is 5.94. The second-order valence-electron chi connectivity index (χ2n) is 9.40. The van der Waals surface area contributed by atoms with Gasteiger partial charge in [0.1, 0.15) is 6.04 Å². The lowest BCUT2D eigenvalue weighted by atomic mass is 9.78. The maximum atomic E-state index is 13.9. The van der Waals surface area contributed by atoms with E-state index in [0.29, 0.717) is 13.1 Å². The Hall–Kier alpha value is -3.19. The molecule has 0 N–H and O–H groups in total. The van der Waals surface area contributed by atoms with Crippen molar-refractivity contribution in [2.75, 3.05) is 13.1 Å². The molecular formula is C25H27N5O2. The van der Waals surface area contributed by atoms with E-state index >= 15 is 0 Å². The summed E-state index contributed by atoms with van der Waals surface area (Å²) in [6.07, 6.45) is 2.77. The highest BCUT2D eigenvalue weighted by atomic mass is 16.2. The smallest absolute Gasteiger partial charge is 0.251 e. The number of aromatic nitrogens is 3. The molecule has 0 saturated carbocycles. The van der Waals surface area contributed by atoms with Crippen LogP contribution in [0.25, 0.3) is 0 Å². The van der Waals surface area contributed by atoms with E-state index in [2.05, 4.69) is 22.1 Å². The normalized spacial score (nSPS) is 24.3. The van der Waals surface area contributed by atoms with Crippen molar-refractivity contribution >= 4 is 5.91 Å². The number of piperidine rings is 1. The summed E-state index contributed by atoms with van der Waals surface area (Å²) in [5.41, 5.74) is 4.51. The first-order chi connectivity index (χ1) is 15.6. The molecule has 3 aromatic rings. The summed E-state index contributed by atoms with van der Waals surface area (Å²) in [4.78, 5) is 31.2. The molecule has 7 heteroatoms. The summed E-state index contributed by atoms with van der Waals surface area (Å²) in [6, 6.07) is 15.3. The number of hydrogen-bond acceptors (Lipinski definition) is 4. The van der Waals surface area contributed by atoms with Crippen molar-refractivity contribution in [1.82, 2.24) is 24.1 Å². The van der Waals surface area contributed by atoms with Gasteiger partial charge in [-0.3, -0.25) is 23.7 Å². The Morgan fingerprint density at radius 1 is 1.03 bits per heavy atom. The molecule has 1 aromatic carbocycles. The van der Waals surface area contributed by atoms with Gasteiger partial charge in [0, 0.05) is 69.6 Å². The Labute approximate surface area is 186 Å². The van der Waals surface area contributed by atoms with Crippen LogP contribution >= 0.6 is 0 Å². The first-order valence-corrected chi connectivity index (χ1v) is 11.3. The van der Waals surface area contributed by atoms with E-state index in [4.69, 9.17) is 0 Å². The fourth-order valence-electron chi connectivity index (χ4n) is 5.94. The summed E-state index contributed by atoms with van der Waals surface area (Å²) in [5, 5.41) is 4.30. The summed E-state index contributed by atoms with van der Waals surface area (Å²) in [6.45, 7) is 3.74. The predicted octanol–water partition coefficient (Wildman–Crippen LogP) is 2.28. The van der Waals surface area contributed by atoms with Crippen LogP contribution in [0.5, 0.6) is 0 Å². The Bertz CT molecular complexity index is 1220. The SMILES string of the molecule is Cn1nccc1CN1C[C@H]2C[C@@H](C1)[C@H](C(=O)N1Cc3ccccc3C1)n1c2cccc1=O. The third kappa shape index (κ3) is 3.11. The molecule has 3 atom stereocenters. The maximum Gasteiger partial charge on any atom is 0.251 e. The van der Waals surface area contributed by atoms with Crippen LogP contribution in [-0.4, -0.2) is 43.1 Å². The van der Waals surface area contributed by atoms with Gasteiger partial charge in [0.2, 0.25) is 5.91 Å². The zero-order chi connectivity index (χ0) is 21.8. The number of aryl methyl sites for hydroxylation is 1. The van der Waals surface area contributed by atoms with Gasteiger partial charge < -0.3 is 4.90 Å². The molecule has 2 bridgehead atoms. The van der Waals surface area contributed by atoms with Gasteiger partial charge >= 0.3 is 0 Å². The summed E-state index contributed by atoms with van der Waals surface area (Å²) in [7, 11) is 1.96. The van der Waals surface area contributed by atoms with Crippen LogP contribution in [0.4, 0.5) is 0 Å². The number of carbonyl (C=O) groups is 1. The van der Waals surface area contributed by atoms with Crippen LogP contribution < -0.4 is 5.56 Å². The quantitative estimate of drug-likeness (QED) is 0.641. The zero-order valence-electron chi connectivity index (χ0n) is 18.2. The molecule has 0 radical (unpaired) electrons. The van der Waals surface area contributed by atoms with E-state index in [9.17, 15) is 9.59 Å². The molecule has 1 saturated heterocycles. The second-order valence-corrected chi connectivity index (χ2v) is 9.40. The van der Waals surface area contributed by atoms with Gasteiger partial charge in [-0.15, -0.1) is 0 Å². The molecule has 0 unspecified atom stereocenters. The standard InChI is InChI=1S/C25H27N5O2/c1-27-21(9-10-26-27)16-28-12-19-11-20(13-28)24(30-22(19)7-4-8-23(30)31)25(32)29-14-17-5-2-3-6-18(17)15-29/h2-10,19-20,24H,11-16H2,1H3/t19-,20+,24-/m1/s1. The van der Waals surface area contributed by atoms with E-state index in [1.807, 2.05) is 57.7 Å². The van der Waals surface area contributed by atoms with Gasteiger partial charge in [-0.05, 0) is 29.7 Å². The van der Waals surface area contributed by atoms with Gasteiger partial charge in [-0.25, -0.2) is 0 Å². The van der Waals surface area contributed by atoms with Crippen LogP contribution in [-0.2, 0) is 31.5 Å². The zero-order valence-corrected chi connectivity index (χ0v) is 18.2. The molecule has 7 nitrogen and oxygen atoms in total. The van der Waals surface area contributed by atoms with Crippen LogP contribution in [0, 0.1) is 5.92 Å².